The summed E-state index contributed by atoms with van der Waals surface area (Å²) in [6.07, 6.45) is 5.53. The van der Waals surface area contributed by atoms with E-state index in [1.807, 2.05) is 0 Å². The second-order valence-corrected chi connectivity index (χ2v) is 6.34. The molecule has 4 rings (SSSR count). The van der Waals surface area contributed by atoms with E-state index in [1.54, 1.807) is 0 Å². The fourth-order valence-electron chi connectivity index (χ4n) is 3.38. The monoisotopic (exact) mass is 296 g/mol. The molecule has 23 heavy (non-hydrogen) atoms. The topological polar surface area (TPSA) is 0 Å². The van der Waals surface area contributed by atoms with Gasteiger partial charge in [0.15, 0.2) is 0 Å². The minimum absolute atomic E-state index is 1.02. The third kappa shape index (κ3) is 3.27. The first-order valence-electron chi connectivity index (χ1n) is 8.26. The average molecular weight is 296 g/mol. The number of hydrogen-bond donors (Lipinski definition) is 0. The summed E-state index contributed by atoms with van der Waals surface area (Å²) < 4.78 is 0. The summed E-state index contributed by atoms with van der Waals surface area (Å²) in [7, 11) is 0. The van der Waals surface area contributed by atoms with Crippen LogP contribution in [0.2, 0.25) is 0 Å². The lowest BCUT2D eigenvalue weighted by Crippen LogP contribution is -1.93. The lowest BCUT2D eigenvalue weighted by molar-refractivity contribution is 1.06. The molecule has 0 aliphatic heterocycles. The minimum Gasteiger partial charge on any atom is -0.0622 e. The molecule has 0 saturated carbocycles. The predicted octanol–water partition coefficient (Wildman–Crippen LogP) is 5.46. The molecule has 0 aromatic heterocycles. The molecule has 0 bridgehead atoms. The Morgan fingerprint density at radius 3 is 1.96 bits per heavy atom. The summed E-state index contributed by atoms with van der Waals surface area (Å²) >= 11 is 0. The molecule has 0 N–H and O–H groups in total. The quantitative estimate of drug-likeness (QED) is 0.599. The molecule has 0 atom stereocenters. The van der Waals surface area contributed by atoms with Crippen LogP contribution in [0, 0.1) is 0 Å². The van der Waals surface area contributed by atoms with Crippen molar-refractivity contribution in [2.75, 3.05) is 0 Å². The first-order valence-corrected chi connectivity index (χ1v) is 8.26. The zero-order chi connectivity index (χ0) is 15.5. The zero-order valence-corrected chi connectivity index (χ0v) is 13.2. The molecule has 0 unspecified atom stereocenters. The number of hydrogen-bond acceptors (Lipinski definition) is 0. The Hall–Kier alpha value is -2.60. The van der Waals surface area contributed by atoms with Gasteiger partial charge in [-0.15, -0.1) is 0 Å². The fraction of sp³-hybridized carbons (Fsp3) is 0.130. The second kappa shape index (κ2) is 6.26. The van der Waals surface area contributed by atoms with Gasteiger partial charge in [0, 0.05) is 0 Å². The first kappa shape index (κ1) is 14.0. The predicted molar refractivity (Wildman–Crippen MR) is 97.5 cm³/mol. The third-order valence-corrected chi connectivity index (χ3v) is 4.51. The molecule has 0 spiro atoms. The van der Waals surface area contributed by atoms with Crippen molar-refractivity contribution < 1.29 is 0 Å². The van der Waals surface area contributed by atoms with Gasteiger partial charge in [0.2, 0.25) is 0 Å². The van der Waals surface area contributed by atoms with Gasteiger partial charge in [-0.25, -0.2) is 0 Å². The average Bonchev–Trinajstić information content (AvgIpc) is 2.98. The molecular formula is C23H20. The molecule has 1 aliphatic carbocycles. The van der Waals surface area contributed by atoms with Crippen LogP contribution in [0.25, 0.3) is 6.08 Å². The molecule has 0 nitrogen and oxygen atoms in total. The number of benzene rings is 3. The van der Waals surface area contributed by atoms with E-state index in [-0.39, 0.29) is 0 Å². The van der Waals surface area contributed by atoms with E-state index < -0.39 is 0 Å². The van der Waals surface area contributed by atoms with Crippen LogP contribution in [0.5, 0.6) is 0 Å². The second-order valence-electron chi connectivity index (χ2n) is 6.34. The van der Waals surface area contributed by atoms with E-state index in [2.05, 4.69) is 84.9 Å². The highest BCUT2D eigenvalue weighted by Gasteiger charge is 2.13. The van der Waals surface area contributed by atoms with Crippen LogP contribution in [-0.2, 0) is 19.3 Å². The minimum atomic E-state index is 1.02. The van der Waals surface area contributed by atoms with Gasteiger partial charge >= 0.3 is 0 Å². The summed E-state index contributed by atoms with van der Waals surface area (Å²) in [6, 6.07) is 28.4. The lowest BCUT2D eigenvalue weighted by Gasteiger charge is -2.06. The van der Waals surface area contributed by atoms with Gasteiger partial charge in [0.1, 0.15) is 0 Å². The molecule has 0 amide bonds. The third-order valence-electron chi connectivity index (χ3n) is 4.51. The highest BCUT2D eigenvalue weighted by molar-refractivity contribution is 5.65. The maximum absolute atomic E-state index is 2.39. The van der Waals surface area contributed by atoms with E-state index in [0.29, 0.717) is 0 Å². The Labute approximate surface area is 138 Å². The van der Waals surface area contributed by atoms with Crippen molar-refractivity contribution in [3.05, 3.63) is 112 Å². The fourth-order valence-corrected chi connectivity index (χ4v) is 3.38. The largest absolute Gasteiger partial charge is 0.0622 e. The van der Waals surface area contributed by atoms with E-state index in [0.717, 1.165) is 19.3 Å². The SMILES string of the molecule is C1=C(Cc2ccccc2)Cc2cc(Cc3ccccc3)ccc21. The van der Waals surface area contributed by atoms with Crippen LogP contribution in [0.4, 0.5) is 0 Å². The van der Waals surface area contributed by atoms with Gasteiger partial charge in [-0.05, 0) is 47.1 Å². The Bertz CT molecular complexity index is 826. The number of allylic oxidation sites excluding steroid dienone is 1. The van der Waals surface area contributed by atoms with Gasteiger partial charge in [0.05, 0.1) is 0 Å². The van der Waals surface area contributed by atoms with Crippen molar-refractivity contribution in [1.82, 2.24) is 0 Å². The lowest BCUT2D eigenvalue weighted by atomic mass is 9.99. The number of rotatable bonds is 4. The summed E-state index contributed by atoms with van der Waals surface area (Å²) in [4.78, 5) is 0. The molecule has 0 radical (unpaired) electrons. The van der Waals surface area contributed by atoms with Crippen LogP contribution >= 0.6 is 0 Å². The molecule has 0 heteroatoms. The Morgan fingerprint density at radius 2 is 1.26 bits per heavy atom. The van der Waals surface area contributed by atoms with Gasteiger partial charge < -0.3 is 0 Å². The van der Waals surface area contributed by atoms with Crippen molar-refractivity contribution in [3.8, 4) is 0 Å². The molecule has 0 saturated heterocycles. The van der Waals surface area contributed by atoms with Crippen molar-refractivity contribution in [2.45, 2.75) is 19.3 Å². The first-order chi connectivity index (χ1) is 11.4. The molecule has 3 aromatic rings. The van der Waals surface area contributed by atoms with Crippen LogP contribution in [0.1, 0.15) is 27.8 Å². The summed E-state index contributed by atoms with van der Waals surface area (Å²) in [6.45, 7) is 0. The maximum Gasteiger partial charge on any atom is -0.00257 e. The van der Waals surface area contributed by atoms with Gasteiger partial charge in [-0.1, -0.05) is 90.5 Å². The van der Waals surface area contributed by atoms with Crippen LogP contribution in [0.3, 0.4) is 0 Å². The Morgan fingerprint density at radius 1 is 0.609 bits per heavy atom. The summed E-state index contributed by atoms with van der Waals surface area (Å²) in [5.74, 6) is 0. The summed E-state index contributed by atoms with van der Waals surface area (Å²) in [5.41, 5.74) is 8.57. The zero-order valence-electron chi connectivity index (χ0n) is 13.2. The molecular weight excluding hydrogens is 276 g/mol. The molecule has 3 aromatic carbocycles. The van der Waals surface area contributed by atoms with Crippen molar-refractivity contribution in [1.29, 1.82) is 0 Å². The van der Waals surface area contributed by atoms with Crippen molar-refractivity contribution in [3.63, 3.8) is 0 Å². The van der Waals surface area contributed by atoms with Crippen LogP contribution in [-0.4, -0.2) is 0 Å². The standard InChI is InChI=1S/C23H20/c1-3-7-18(8-4-1)13-20-11-12-22-16-21(17-23(22)15-20)14-19-9-5-2-6-10-19/h1-12,15-16H,13-14,17H2. The Balaban J connectivity index is 1.49. The highest BCUT2D eigenvalue weighted by Crippen LogP contribution is 2.28. The van der Waals surface area contributed by atoms with E-state index in [1.165, 1.54) is 33.4 Å². The van der Waals surface area contributed by atoms with Crippen LogP contribution < -0.4 is 0 Å². The van der Waals surface area contributed by atoms with Crippen molar-refractivity contribution in [2.24, 2.45) is 0 Å². The number of fused-ring (bicyclic) bond motifs is 1. The van der Waals surface area contributed by atoms with Gasteiger partial charge in [0.25, 0.3) is 0 Å². The molecule has 112 valence electrons. The Kier molecular flexibility index (Phi) is 3.81. The highest BCUT2D eigenvalue weighted by atomic mass is 14.2. The van der Waals surface area contributed by atoms with E-state index in [9.17, 15) is 0 Å². The normalized spacial score (nSPS) is 12.8. The smallest absolute Gasteiger partial charge is 0.00257 e. The maximum atomic E-state index is 2.39. The molecule has 1 aliphatic rings. The summed E-state index contributed by atoms with van der Waals surface area (Å²) in [5, 5.41) is 0. The van der Waals surface area contributed by atoms with Gasteiger partial charge in [-0.3, -0.25) is 0 Å². The van der Waals surface area contributed by atoms with Crippen LogP contribution in [0.15, 0.2) is 84.4 Å². The molecule has 0 heterocycles. The van der Waals surface area contributed by atoms with E-state index >= 15 is 0 Å². The van der Waals surface area contributed by atoms with Crippen molar-refractivity contribution >= 4 is 6.08 Å². The van der Waals surface area contributed by atoms with Gasteiger partial charge in [-0.2, -0.15) is 0 Å². The molecule has 0 fully saturated rings. The van der Waals surface area contributed by atoms with E-state index in [4.69, 9.17) is 0 Å².